The van der Waals surface area contributed by atoms with E-state index in [1.54, 1.807) is 9.47 Å². The van der Waals surface area contributed by atoms with Gasteiger partial charge in [0.15, 0.2) is 5.82 Å². The summed E-state index contributed by atoms with van der Waals surface area (Å²) in [6, 6.07) is 4.30. The molecule has 2 saturated carbocycles. The first-order valence-corrected chi connectivity index (χ1v) is 12.0. The molecule has 3 fully saturated rings. The van der Waals surface area contributed by atoms with Crippen molar-refractivity contribution >= 4 is 22.8 Å². The maximum absolute atomic E-state index is 15.1. The fraction of sp³-hybridized carbons (Fsp3) is 0.640. The van der Waals surface area contributed by atoms with Crippen molar-refractivity contribution in [1.29, 1.82) is 0 Å². The minimum atomic E-state index is -1.56. The average molecular weight is 441 g/mol. The fourth-order valence-electron chi connectivity index (χ4n) is 5.39. The van der Waals surface area contributed by atoms with Gasteiger partial charge in [-0.3, -0.25) is 9.59 Å². The number of nitrogens with zero attached hydrogens (tertiary/aromatic N) is 4. The van der Waals surface area contributed by atoms with Crippen LogP contribution in [0.3, 0.4) is 0 Å². The molecule has 0 spiro atoms. The summed E-state index contributed by atoms with van der Waals surface area (Å²) in [4.78, 5) is 34.4. The number of fused-ring (bicyclic) bond motifs is 1. The van der Waals surface area contributed by atoms with Gasteiger partial charge in [0.1, 0.15) is 12.2 Å². The first-order chi connectivity index (χ1) is 15.2. The van der Waals surface area contributed by atoms with E-state index in [-0.39, 0.29) is 24.2 Å². The predicted molar refractivity (Wildman–Crippen MR) is 121 cm³/mol. The molecule has 6 nitrogen and oxygen atoms in total. The normalized spacial score (nSPS) is 20.9. The maximum atomic E-state index is 15.1. The number of aryl methyl sites for hydroxylation is 1. The minimum absolute atomic E-state index is 0.0249. The van der Waals surface area contributed by atoms with E-state index >= 15 is 4.39 Å². The average Bonchev–Trinajstić information content (AvgIpc) is 3.56. The second-order valence-electron chi connectivity index (χ2n) is 10.3. The van der Waals surface area contributed by atoms with Gasteiger partial charge in [-0.2, -0.15) is 0 Å². The van der Waals surface area contributed by atoms with Crippen molar-refractivity contribution in [3.8, 4) is 0 Å². The number of alkyl halides is 1. The molecular weight excluding hydrogens is 407 g/mol. The molecule has 0 radical (unpaired) electrons. The zero-order valence-corrected chi connectivity index (χ0v) is 19.4. The van der Waals surface area contributed by atoms with Crippen molar-refractivity contribution in [2.24, 2.45) is 7.05 Å². The van der Waals surface area contributed by atoms with Gasteiger partial charge in [-0.05, 0) is 57.1 Å². The topological polar surface area (TPSA) is 58.4 Å². The van der Waals surface area contributed by atoms with Crippen LogP contribution in [0.25, 0.3) is 11.0 Å². The molecule has 1 aliphatic heterocycles. The number of carbonyl (C=O) groups is 2. The third-order valence-corrected chi connectivity index (χ3v) is 7.45. The summed E-state index contributed by atoms with van der Waals surface area (Å²) in [5, 5.41) is 0. The Labute approximate surface area is 188 Å². The molecule has 1 aromatic heterocycles. The van der Waals surface area contributed by atoms with Crippen LogP contribution in [-0.4, -0.2) is 56.8 Å². The first-order valence-electron chi connectivity index (χ1n) is 12.0. The predicted octanol–water partition coefficient (Wildman–Crippen LogP) is 4.27. The largest absolute Gasteiger partial charge is 0.336 e. The van der Waals surface area contributed by atoms with Gasteiger partial charge in [0.2, 0.25) is 5.91 Å². The molecule has 2 aromatic rings. The standard InChI is InChI=1S/C25H33FN4O2/c1-25(2,26)19-13-17(16-9-10-16)14-20-22(19)27-23(28(20)3)24(32)29-11-12-30(21(31)15-29)18-7-5-4-6-8-18/h13-14,16,18H,4-12,15H2,1-3H3. The number of hydrogen-bond acceptors (Lipinski definition) is 3. The van der Waals surface area contributed by atoms with Crippen molar-refractivity contribution in [3.63, 3.8) is 0 Å². The Morgan fingerprint density at radius 1 is 1.09 bits per heavy atom. The molecule has 2 heterocycles. The van der Waals surface area contributed by atoms with Gasteiger partial charge in [0.25, 0.3) is 5.91 Å². The molecule has 7 heteroatoms. The van der Waals surface area contributed by atoms with Crippen molar-refractivity contribution in [3.05, 3.63) is 29.1 Å². The van der Waals surface area contributed by atoms with Crippen LogP contribution in [0.4, 0.5) is 4.39 Å². The molecule has 1 aromatic carbocycles. The zero-order valence-electron chi connectivity index (χ0n) is 19.4. The molecule has 0 unspecified atom stereocenters. The summed E-state index contributed by atoms with van der Waals surface area (Å²) in [6.45, 7) is 4.26. The van der Waals surface area contributed by atoms with Crippen molar-refractivity contribution in [1.82, 2.24) is 19.4 Å². The van der Waals surface area contributed by atoms with Crippen LogP contribution in [0.1, 0.15) is 86.5 Å². The third-order valence-electron chi connectivity index (χ3n) is 7.45. The van der Waals surface area contributed by atoms with E-state index in [9.17, 15) is 9.59 Å². The molecule has 3 aliphatic rings. The molecule has 32 heavy (non-hydrogen) atoms. The lowest BCUT2D eigenvalue weighted by Gasteiger charge is -2.40. The smallest absolute Gasteiger partial charge is 0.290 e. The molecule has 5 rings (SSSR count). The molecule has 2 aliphatic carbocycles. The fourth-order valence-corrected chi connectivity index (χ4v) is 5.39. The number of halogens is 1. The summed E-state index contributed by atoms with van der Waals surface area (Å²) in [5.74, 6) is 0.519. The highest BCUT2D eigenvalue weighted by molar-refractivity contribution is 5.98. The highest BCUT2D eigenvalue weighted by Crippen LogP contribution is 2.43. The Hall–Kier alpha value is -2.44. The van der Waals surface area contributed by atoms with Crippen molar-refractivity contribution in [2.75, 3.05) is 19.6 Å². The lowest BCUT2D eigenvalue weighted by molar-refractivity contribution is -0.138. The molecule has 2 amide bonds. The molecule has 1 saturated heterocycles. The van der Waals surface area contributed by atoms with Crippen molar-refractivity contribution < 1.29 is 14.0 Å². The van der Waals surface area contributed by atoms with Crippen LogP contribution >= 0.6 is 0 Å². The SMILES string of the molecule is Cn1c(C(=O)N2CCN(C3CCCCC3)C(=O)C2)nc2c(C(C)(C)F)cc(C3CC3)cc21. The molecule has 0 bridgehead atoms. The van der Waals surface area contributed by atoms with Crippen LogP contribution in [0, 0.1) is 0 Å². The lowest BCUT2D eigenvalue weighted by Crippen LogP contribution is -2.56. The minimum Gasteiger partial charge on any atom is -0.336 e. The number of imidazole rings is 1. The van der Waals surface area contributed by atoms with Crippen LogP contribution in [0.15, 0.2) is 12.1 Å². The highest BCUT2D eigenvalue weighted by Gasteiger charge is 2.35. The number of amides is 2. The summed E-state index contributed by atoms with van der Waals surface area (Å²) in [7, 11) is 1.81. The number of carbonyl (C=O) groups excluding carboxylic acids is 2. The second kappa shape index (κ2) is 7.85. The Morgan fingerprint density at radius 3 is 2.44 bits per heavy atom. The lowest BCUT2D eigenvalue weighted by atomic mass is 9.93. The molecular formula is C25H33FN4O2. The van der Waals surface area contributed by atoms with E-state index in [2.05, 4.69) is 11.1 Å². The number of aromatic nitrogens is 2. The first kappa shape index (κ1) is 21.4. The second-order valence-corrected chi connectivity index (χ2v) is 10.3. The quantitative estimate of drug-likeness (QED) is 0.713. The molecule has 0 atom stereocenters. The van der Waals surface area contributed by atoms with Crippen molar-refractivity contribution in [2.45, 2.75) is 76.4 Å². The highest BCUT2D eigenvalue weighted by atomic mass is 19.1. The van der Waals surface area contributed by atoms with E-state index in [0.29, 0.717) is 36.1 Å². The van der Waals surface area contributed by atoms with Gasteiger partial charge < -0.3 is 14.4 Å². The van der Waals surface area contributed by atoms with E-state index in [1.807, 2.05) is 18.0 Å². The Kier molecular flexibility index (Phi) is 5.25. The Bertz CT molecular complexity index is 1060. The number of hydrogen-bond donors (Lipinski definition) is 0. The van der Waals surface area contributed by atoms with E-state index in [4.69, 9.17) is 0 Å². The van der Waals surface area contributed by atoms with Gasteiger partial charge in [0, 0.05) is 31.7 Å². The van der Waals surface area contributed by atoms with Crippen LogP contribution in [-0.2, 0) is 17.5 Å². The van der Waals surface area contributed by atoms with Gasteiger partial charge in [-0.15, -0.1) is 0 Å². The van der Waals surface area contributed by atoms with Gasteiger partial charge in [-0.1, -0.05) is 25.3 Å². The Balaban J connectivity index is 1.43. The summed E-state index contributed by atoms with van der Waals surface area (Å²) in [6.07, 6.45) is 7.96. The third kappa shape index (κ3) is 3.80. The van der Waals surface area contributed by atoms with Crippen LogP contribution < -0.4 is 0 Å². The van der Waals surface area contributed by atoms with E-state index in [0.717, 1.165) is 36.8 Å². The maximum Gasteiger partial charge on any atom is 0.290 e. The summed E-state index contributed by atoms with van der Waals surface area (Å²) >= 11 is 0. The molecule has 0 N–H and O–H groups in total. The van der Waals surface area contributed by atoms with E-state index in [1.165, 1.54) is 33.1 Å². The Morgan fingerprint density at radius 2 is 1.81 bits per heavy atom. The van der Waals surface area contributed by atoms with Gasteiger partial charge in [0.05, 0.1) is 11.0 Å². The summed E-state index contributed by atoms with van der Waals surface area (Å²) < 4.78 is 16.9. The number of piperazine rings is 1. The van der Waals surface area contributed by atoms with Crippen LogP contribution in [0.2, 0.25) is 0 Å². The summed E-state index contributed by atoms with van der Waals surface area (Å²) in [5.41, 5.74) is 1.42. The van der Waals surface area contributed by atoms with E-state index < -0.39 is 5.67 Å². The van der Waals surface area contributed by atoms with Gasteiger partial charge >= 0.3 is 0 Å². The van der Waals surface area contributed by atoms with Gasteiger partial charge in [-0.25, -0.2) is 9.37 Å². The number of benzene rings is 1. The monoisotopic (exact) mass is 440 g/mol. The van der Waals surface area contributed by atoms with Crippen LogP contribution in [0.5, 0.6) is 0 Å². The number of rotatable bonds is 4. The molecule has 172 valence electrons. The zero-order chi connectivity index (χ0) is 22.6.